The van der Waals surface area contributed by atoms with E-state index in [1.54, 1.807) is 18.0 Å². The number of aliphatic hydroxyl groups is 1. The van der Waals surface area contributed by atoms with Crippen LogP contribution in [0.4, 0.5) is 5.82 Å². The fraction of sp³-hybridized carbons (Fsp3) is 0.286. The van der Waals surface area contributed by atoms with Crippen LogP contribution in [0.2, 0.25) is 0 Å². The minimum atomic E-state index is 0.198. The second-order valence-corrected chi connectivity index (χ2v) is 7.52. The molecule has 3 heterocycles. The third-order valence-electron chi connectivity index (χ3n) is 4.50. The van der Waals surface area contributed by atoms with Crippen LogP contribution in [0, 0.1) is 6.92 Å². The number of thioether (sulfide) groups is 1. The van der Waals surface area contributed by atoms with E-state index in [0.29, 0.717) is 11.6 Å². The third kappa shape index (κ3) is 4.99. The second kappa shape index (κ2) is 9.52. The van der Waals surface area contributed by atoms with E-state index in [1.807, 2.05) is 37.4 Å². The van der Waals surface area contributed by atoms with Gasteiger partial charge in [0.15, 0.2) is 0 Å². The molecule has 0 amide bonds. The number of nitrogen functional groups attached to an aromatic ring is 1. The van der Waals surface area contributed by atoms with Gasteiger partial charge in [0.25, 0.3) is 0 Å². The van der Waals surface area contributed by atoms with Crippen molar-refractivity contribution in [3.63, 3.8) is 0 Å². The molecular formula is C21H25N5OS. The Morgan fingerprint density at radius 1 is 1.14 bits per heavy atom. The van der Waals surface area contributed by atoms with E-state index in [9.17, 15) is 0 Å². The number of benzene rings is 1. The second-order valence-electron chi connectivity index (χ2n) is 6.48. The summed E-state index contributed by atoms with van der Waals surface area (Å²) in [6.07, 6.45) is 4.33. The third-order valence-corrected chi connectivity index (χ3v) is 5.79. The van der Waals surface area contributed by atoms with Crippen molar-refractivity contribution in [3.8, 4) is 0 Å². The fourth-order valence-electron chi connectivity index (χ4n) is 2.91. The zero-order valence-electron chi connectivity index (χ0n) is 16.2. The summed E-state index contributed by atoms with van der Waals surface area (Å²) in [4.78, 5) is 16.0. The van der Waals surface area contributed by atoms with Gasteiger partial charge >= 0.3 is 0 Å². The maximum atomic E-state index is 8.99. The van der Waals surface area contributed by atoms with Crippen molar-refractivity contribution in [3.05, 3.63) is 70.8 Å². The Labute approximate surface area is 169 Å². The highest BCUT2D eigenvalue weighted by molar-refractivity contribution is 8.03. The number of fused-ring (bicyclic) bond motifs is 1. The van der Waals surface area contributed by atoms with E-state index >= 15 is 0 Å². The first-order chi connectivity index (χ1) is 13.6. The van der Waals surface area contributed by atoms with Crippen LogP contribution in [0.3, 0.4) is 0 Å². The van der Waals surface area contributed by atoms with Crippen LogP contribution >= 0.6 is 11.8 Å². The van der Waals surface area contributed by atoms with Crippen LogP contribution in [-0.2, 0) is 6.54 Å². The number of allylic oxidation sites excluding steroid dienone is 1. The van der Waals surface area contributed by atoms with E-state index in [2.05, 4.69) is 38.9 Å². The van der Waals surface area contributed by atoms with Crippen molar-refractivity contribution in [2.45, 2.75) is 26.8 Å². The van der Waals surface area contributed by atoms with Crippen molar-refractivity contribution in [2.24, 2.45) is 0 Å². The van der Waals surface area contributed by atoms with Gasteiger partial charge in [0.05, 0.1) is 11.4 Å². The van der Waals surface area contributed by atoms with Gasteiger partial charge in [-0.1, -0.05) is 24.3 Å². The molecule has 28 heavy (non-hydrogen) atoms. The van der Waals surface area contributed by atoms with E-state index in [0.717, 1.165) is 29.9 Å². The molecule has 6 nitrogen and oxygen atoms in total. The van der Waals surface area contributed by atoms with Crippen LogP contribution in [0.25, 0.3) is 10.9 Å². The number of para-hydroxylation sites is 1. The highest BCUT2D eigenvalue weighted by Crippen LogP contribution is 2.34. The van der Waals surface area contributed by atoms with E-state index < -0.39 is 0 Å². The van der Waals surface area contributed by atoms with Crippen LogP contribution in [0.1, 0.15) is 24.7 Å². The number of pyridine rings is 1. The number of hydrogen-bond acceptors (Lipinski definition) is 7. The standard InChI is InChI=1S/C12H18N4OS.C9H7N/c1-8-11(3-4-17)18-7-16(8)6-10-5-14-9(2)15-12(10)13;1-2-6-9-8(4-1)5-3-7-10-9/h5,17H,3-4,6-7H2,1-2H3,(H2,13,14,15);1-7H. The maximum absolute atomic E-state index is 8.99. The molecule has 7 heteroatoms. The Morgan fingerprint density at radius 2 is 1.93 bits per heavy atom. The van der Waals surface area contributed by atoms with Crippen LogP contribution < -0.4 is 5.73 Å². The van der Waals surface area contributed by atoms with Crippen molar-refractivity contribution in [1.82, 2.24) is 19.9 Å². The summed E-state index contributed by atoms with van der Waals surface area (Å²) in [5.41, 5.74) is 9.12. The molecule has 0 unspecified atom stereocenters. The van der Waals surface area contributed by atoms with Crippen LogP contribution in [0.5, 0.6) is 0 Å². The van der Waals surface area contributed by atoms with Gasteiger partial charge in [-0.15, -0.1) is 11.8 Å². The smallest absolute Gasteiger partial charge is 0.132 e. The molecule has 0 fully saturated rings. The van der Waals surface area contributed by atoms with Gasteiger partial charge in [0.2, 0.25) is 0 Å². The number of aryl methyl sites for hydroxylation is 1. The predicted octanol–water partition coefficient (Wildman–Crippen LogP) is 3.72. The summed E-state index contributed by atoms with van der Waals surface area (Å²) in [5.74, 6) is 2.14. The molecule has 0 saturated heterocycles. The molecule has 3 N–H and O–H groups in total. The lowest BCUT2D eigenvalue weighted by Crippen LogP contribution is -2.18. The van der Waals surface area contributed by atoms with E-state index in [1.165, 1.54) is 16.0 Å². The summed E-state index contributed by atoms with van der Waals surface area (Å²) in [7, 11) is 0. The molecule has 3 aromatic rings. The fourth-order valence-corrected chi connectivity index (χ4v) is 4.08. The van der Waals surface area contributed by atoms with Crippen molar-refractivity contribution in [1.29, 1.82) is 0 Å². The molecule has 4 rings (SSSR count). The zero-order valence-corrected chi connectivity index (χ0v) is 17.0. The lowest BCUT2D eigenvalue weighted by atomic mass is 10.2. The Hall–Kier alpha value is -2.64. The first-order valence-corrected chi connectivity index (χ1v) is 10.1. The number of nitrogens with two attached hydrogens (primary N) is 1. The Morgan fingerprint density at radius 3 is 2.68 bits per heavy atom. The van der Waals surface area contributed by atoms with Gasteiger partial charge in [-0.3, -0.25) is 4.98 Å². The Bertz CT molecular complexity index is 910. The molecule has 0 saturated carbocycles. The molecule has 0 bridgehead atoms. The monoisotopic (exact) mass is 395 g/mol. The van der Waals surface area contributed by atoms with E-state index in [-0.39, 0.29) is 6.61 Å². The predicted molar refractivity (Wildman–Crippen MR) is 115 cm³/mol. The van der Waals surface area contributed by atoms with Gasteiger partial charge < -0.3 is 15.7 Å². The summed E-state index contributed by atoms with van der Waals surface area (Å²) in [6.45, 7) is 4.83. The summed E-state index contributed by atoms with van der Waals surface area (Å²) in [6, 6.07) is 12.1. The molecule has 146 valence electrons. The van der Waals surface area contributed by atoms with Gasteiger partial charge in [0, 0.05) is 53.5 Å². The van der Waals surface area contributed by atoms with Crippen LogP contribution in [-0.4, -0.2) is 37.4 Å². The molecule has 1 aromatic carbocycles. The largest absolute Gasteiger partial charge is 0.396 e. The quantitative estimate of drug-likeness (QED) is 0.696. The minimum Gasteiger partial charge on any atom is -0.396 e. The summed E-state index contributed by atoms with van der Waals surface area (Å²) >= 11 is 1.78. The molecule has 1 aliphatic heterocycles. The number of rotatable bonds is 4. The number of aliphatic hydroxyl groups excluding tert-OH is 1. The molecule has 0 spiro atoms. The summed E-state index contributed by atoms with van der Waals surface area (Å²) < 4.78 is 0. The van der Waals surface area contributed by atoms with Gasteiger partial charge in [-0.25, -0.2) is 9.97 Å². The Balaban J connectivity index is 0.000000188. The highest BCUT2D eigenvalue weighted by Gasteiger charge is 2.20. The lowest BCUT2D eigenvalue weighted by Gasteiger charge is -2.19. The van der Waals surface area contributed by atoms with Crippen molar-refractivity contribution >= 4 is 28.5 Å². The topological polar surface area (TPSA) is 88.2 Å². The molecule has 0 radical (unpaired) electrons. The normalized spacial score (nSPS) is 13.6. The molecule has 1 aliphatic rings. The number of nitrogens with zero attached hydrogens (tertiary/aromatic N) is 4. The minimum absolute atomic E-state index is 0.198. The molecule has 0 aliphatic carbocycles. The highest BCUT2D eigenvalue weighted by atomic mass is 32.2. The van der Waals surface area contributed by atoms with Gasteiger partial charge in [-0.05, 0) is 26.0 Å². The maximum Gasteiger partial charge on any atom is 0.132 e. The summed E-state index contributed by atoms with van der Waals surface area (Å²) in [5, 5.41) is 10.2. The van der Waals surface area contributed by atoms with E-state index in [4.69, 9.17) is 10.8 Å². The first kappa shape index (κ1) is 20.1. The van der Waals surface area contributed by atoms with Crippen molar-refractivity contribution < 1.29 is 5.11 Å². The zero-order chi connectivity index (χ0) is 19.9. The molecular weight excluding hydrogens is 370 g/mol. The molecule has 0 atom stereocenters. The van der Waals surface area contributed by atoms with Gasteiger partial charge in [0.1, 0.15) is 11.6 Å². The number of anilines is 1. The van der Waals surface area contributed by atoms with Crippen LogP contribution in [0.15, 0.2) is 59.4 Å². The van der Waals surface area contributed by atoms with Gasteiger partial charge in [-0.2, -0.15) is 0 Å². The number of hydrogen-bond donors (Lipinski definition) is 2. The number of aromatic nitrogens is 3. The first-order valence-electron chi connectivity index (χ1n) is 9.14. The van der Waals surface area contributed by atoms with Crippen molar-refractivity contribution in [2.75, 3.05) is 18.2 Å². The lowest BCUT2D eigenvalue weighted by molar-refractivity contribution is 0.300. The average Bonchev–Trinajstić information content (AvgIpc) is 3.05. The Kier molecular flexibility index (Phi) is 6.84. The SMILES string of the molecule is CC1=C(CCO)SCN1Cc1cnc(C)nc1N.c1ccc2ncccc2c1. The molecule has 2 aromatic heterocycles. The average molecular weight is 396 g/mol.